The van der Waals surface area contributed by atoms with E-state index < -0.39 is 11.7 Å². The van der Waals surface area contributed by atoms with Crippen molar-refractivity contribution in [3.8, 4) is 0 Å². The first kappa shape index (κ1) is 12.5. The number of nitrogens with zero attached hydrogens (tertiary/aromatic N) is 1. The molecule has 17 heavy (non-hydrogen) atoms. The molecule has 0 radical (unpaired) electrons. The van der Waals surface area contributed by atoms with Crippen LogP contribution in [0.15, 0.2) is 18.2 Å². The topological polar surface area (TPSA) is 15.3 Å². The van der Waals surface area contributed by atoms with Gasteiger partial charge in [0.2, 0.25) is 0 Å². The number of halogens is 4. The number of nitrogens with one attached hydrogen (secondary N) is 1. The van der Waals surface area contributed by atoms with Crippen molar-refractivity contribution >= 4 is 17.3 Å². The first-order valence-corrected chi connectivity index (χ1v) is 5.58. The summed E-state index contributed by atoms with van der Waals surface area (Å²) in [5.41, 5.74) is -0.210. The van der Waals surface area contributed by atoms with Gasteiger partial charge in [-0.1, -0.05) is 11.6 Å². The Kier molecular flexibility index (Phi) is 3.23. The zero-order chi connectivity index (χ0) is 12.6. The Bertz CT molecular complexity index is 414. The maximum Gasteiger partial charge on any atom is 0.417 e. The highest BCUT2D eigenvalue weighted by Gasteiger charge is 2.34. The fourth-order valence-corrected chi connectivity index (χ4v) is 2.02. The van der Waals surface area contributed by atoms with Gasteiger partial charge >= 0.3 is 6.18 Å². The Morgan fingerprint density at radius 1 is 1.35 bits per heavy atom. The van der Waals surface area contributed by atoms with E-state index in [1.54, 1.807) is 6.07 Å². The van der Waals surface area contributed by atoms with Crippen molar-refractivity contribution in [2.45, 2.75) is 12.2 Å². The van der Waals surface area contributed by atoms with E-state index in [1.165, 1.54) is 6.07 Å². The summed E-state index contributed by atoms with van der Waals surface area (Å²) in [4.78, 5) is 1.88. The number of hydrogen-bond donors (Lipinski definition) is 1. The molecule has 1 aliphatic rings. The molecule has 0 bridgehead atoms. The summed E-state index contributed by atoms with van der Waals surface area (Å²) in [6.45, 7) is 1.44. The third-order valence-electron chi connectivity index (χ3n) is 2.91. The molecule has 0 aliphatic carbocycles. The monoisotopic (exact) mass is 264 g/mol. The normalized spacial score (nSPS) is 17.1. The second-order valence-electron chi connectivity index (χ2n) is 4.05. The second kappa shape index (κ2) is 4.38. The van der Waals surface area contributed by atoms with Crippen LogP contribution in [0, 0.1) is 0 Å². The van der Waals surface area contributed by atoms with Crippen LogP contribution in [0.25, 0.3) is 0 Å². The molecule has 0 amide bonds. The Balaban J connectivity index is 2.21. The first-order chi connectivity index (χ1) is 7.91. The fourth-order valence-electron chi connectivity index (χ4n) is 1.80. The summed E-state index contributed by atoms with van der Waals surface area (Å²) in [5, 5.41) is 2.81. The van der Waals surface area contributed by atoms with Crippen molar-refractivity contribution in [1.82, 2.24) is 5.32 Å². The highest BCUT2D eigenvalue weighted by molar-refractivity contribution is 6.31. The minimum absolute atomic E-state index is 0.257. The van der Waals surface area contributed by atoms with E-state index in [4.69, 9.17) is 11.6 Å². The van der Waals surface area contributed by atoms with E-state index in [9.17, 15) is 13.2 Å². The number of anilines is 1. The van der Waals surface area contributed by atoms with E-state index in [-0.39, 0.29) is 5.02 Å². The van der Waals surface area contributed by atoms with Crippen LogP contribution >= 0.6 is 11.6 Å². The van der Waals surface area contributed by atoms with Gasteiger partial charge in [0.25, 0.3) is 0 Å². The Hall–Kier alpha value is -0.940. The molecule has 1 fully saturated rings. The molecule has 1 N–H and O–H groups in total. The number of alkyl halides is 3. The van der Waals surface area contributed by atoms with Crippen molar-refractivity contribution in [3.05, 3.63) is 28.8 Å². The molecule has 0 unspecified atom stereocenters. The van der Waals surface area contributed by atoms with Crippen LogP contribution in [0.2, 0.25) is 5.02 Å². The SMILES string of the molecule is CNC1CN(c2ccc(Cl)c(C(F)(F)F)c2)C1. The average Bonchev–Trinajstić information content (AvgIpc) is 2.17. The number of likely N-dealkylation sites (N-methyl/N-ethyl adjacent to an activating group) is 1. The van der Waals surface area contributed by atoms with E-state index in [1.807, 2.05) is 11.9 Å². The summed E-state index contributed by atoms with van der Waals surface area (Å²) in [7, 11) is 1.84. The van der Waals surface area contributed by atoms with E-state index in [2.05, 4.69) is 5.32 Å². The van der Waals surface area contributed by atoms with Gasteiger partial charge in [-0.25, -0.2) is 0 Å². The number of hydrogen-bond acceptors (Lipinski definition) is 2. The lowest BCUT2D eigenvalue weighted by atomic mass is 10.1. The number of rotatable bonds is 2. The predicted molar refractivity (Wildman–Crippen MR) is 61.5 cm³/mol. The van der Waals surface area contributed by atoms with Gasteiger partial charge in [-0.05, 0) is 25.2 Å². The largest absolute Gasteiger partial charge is 0.417 e. The van der Waals surface area contributed by atoms with Crippen LogP contribution in [0.1, 0.15) is 5.56 Å². The molecule has 1 aromatic rings. The van der Waals surface area contributed by atoms with Gasteiger partial charge in [0.05, 0.1) is 10.6 Å². The summed E-state index contributed by atoms with van der Waals surface area (Å²) in [5.74, 6) is 0. The standard InChI is InChI=1S/C11H12ClF3N2/c1-16-7-5-17(6-7)8-2-3-10(12)9(4-8)11(13,14)15/h2-4,7,16H,5-6H2,1H3. The molecule has 0 spiro atoms. The predicted octanol–water partition coefficient (Wildman–Crippen LogP) is 2.77. The molecule has 0 atom stereocenters. The molecule has 1 aliphatic heterocycles. The Morgan fingerprint density at radius 2 is 2.00 bits per heavy atom. The minimum Gasteiger partial charge on any atom is -0.368 e. The third-order valence-corrected chi connectivity index (χ3v) is 3.24. The van der Waals surface area contributed by atoms with Gasteiger partial charge in [0.1, 0.15) is 0 Å². The van der Waals surface area contributed by atoms with Crippen LogP contribution in [-0.4, -0.2) is 26.2 Å². The summed E-state index contributed by atoms with van der Waals surface area (Å²) in [6, 6.07) is 4.37. The zero-order valence-corrected chi connectivity index (χ0v) is 9.94. The first-order valence-electron chi connectivity index (χ1n) is 5.21. The van der Waals surface area contributed by atoms with Crippen LogP contribution in [0.5, 0.6) is 0 Å². The molecule has 6 heteroatoms. The molecule has 0 saturated carbocycles. The number of benzene rings is 1. The van der Waals surface area contributed by atoms with E-state index in [0.29, 0.717) is 11.7 Å². The van der Waals surface area contributed by atoms with Gasteiger partial charge in [0.15, 0.2) is 0 Å². The van der Waals surface area contributed by atoms with Crippen LogP contribution in [0.4, 0.5) is 18.9 Å². The van der Waals surface area contributed by atoms with Crippen LogP contribution < -0.4 is 10.2 Å². The van der Waals surface area contributed by atoms with E-state index in [0.717, 1.165) is 19.2 Å². The third kappa shape index (κ3) is 2.50. The highest BCUT2D eigenvalue weighted by atomic mass is 35.5. The van der Waals surface area contributed by atoms with E-state index >= 15 is 0 Å². The lowest BCUT2D eigenvalue weighted by Gasteiger charge is -2.41. The van der Waals surface area contributed by atoms with Gasteiger partial charge in [-0.15, -0.1) is 0 Å². The van der Waals surface area contributed by atoms with Crippen molar-refractivity contribution in [2.75, 3.05) is 25.0 Å². The minimum atomic E-state index is -4.40. The Morgan fingerprint density at radius 3 is 2.53 bits per heavy atom. The molecule has 2 nitrogen and oxygen atoms in total. The second-order valence-corrected chi connectivity index (χ2v) is 4.46. The molecule has 94 valence electrons. The zero-order valence-electron chi connectivity index (χ0n) is 9.18. The van der Waals surface area contributed by atoms with Crippen molar-refractivity contribution in [3.63, 3.8) is 0 Å². The molecule has 2 rings (SSSR count). The summed E-state index contributed by atoms with van der Waals surface area (Å²) >= 11 is 5.55. The Labute approximate surface area is 102 Å². The van der Waals surface area contributed by atoms with Crippen LogP contribution in [-0.2, 0) is 6.18 Å². The molecule has 1 saturated heterocycles. The maximum atomic E-state index is 12.6. The average molecular weight is 265 g/mol. The molecule has 0 aromatic heterocycles. The molecule has 1 heterocycles. The molecular formula is C11H12ClF3N2. The van der Waals surface area contributed by atoms with Gasteiger partial charge in [0, 0.05) is 24.8 Å². The molecular weight excluding hydrogens is 253 g/mol. The lowest BCUT2D eigenvalue weighted by Crippen LogP contribution is -2.57. The fraction of sp³-hybridized carbons (Fsp3) is 0.455. The maximum absolute atomic E-state index is 12.6. The van der Waals surface area contributed by atoms with Crippen molar-refractivity contribution in [2.24, 2.45) is 0 Å². The smallest absolute Gasteiger partial charge is 0.368 e. The lowest BCUT2D eigenvalue weighted by molar-refractivity contribution is -0.137. The van der Waals surface area contributed by atoms with Gasteiger partial charge in [-0.2, -0.15) is 13.2 Å². The van der Waals surface area contributed by atoms with Crippen molar-refractivity contribution < 1.29 is 13.2 Å². The van der Waals surface area contributed by atoms with Gasteiger partial charge in [-0.3, -0.25) is 0 Å². The summed E-state index contributed by atoms with van der Waals surface area (Å²) < 4.78 is 37.9. The van der Waals surface area contributed by atoms with Crippen molar-refractivity contribution in [1.29, 1.82) is 0 Å². The van der Waals surface area contributed by atoms with Gasteiger partial charge < -0.3 is 10.2 Å². The quantitative estimate of drug-likeness (QED) is 0.884. The molecule has 1 aromatic carbocycles. The summed E-state index contributed by atoms with van der Waals surface area (Å²) in [6.07, 6.45) is -4.40. The van der Waals surface area contributed by atoms with Crippen LogP contribution in [0.3, 0.4) is 0 Å². The highest BCUT2D eigenvalue weighted by Crippen LogP contribution is 2.37.